The fourth-order valence-corrected chi connectivity index (χ4v) is 1.31. The standard InChI is InChI=1S/C12H15NO3S/c1-8(14)10-6-5-9(7-11(10)15-4)16-12(17)13(2)3/h5-7H,1-4H3. The first-order valence-corrected chi connectivity index (χ1v) is 5.44. The SMILES string of the molecule is COc1cc(OC(=S)N(C)C)ccc1C(C)=O. The summed E-state index contributed by atoms with van der Waals surface area (Å²) in [6.07, 6.45) is 0. The summed E-state index contributed by atoms with van der Waals surface area (Å²) in [7, 11) is 5.10. The fraction of sp³-hybridized carbons (Fsp3) is 0.333. The molecule has 0 aliphatic heterocycles. The zero-order valence-corrected chi connectivity index (χ0v) is 11.1. The van der Waals surface area contributed by atoms with Crippen molar-refractivity contribution in [2.45, 2.75) is 6.92 Å². The smallest absolute Gasteiger partial charge is 0.264 e. The van der Waals surface area contributed by atoms with Gasteiger partial charge in [0.1, 0.15) is 11.5 Å². The molecule has 0 N–H and O–H groups in total. The molecule has 0 aromatic heterocycles. The highest BCUT2D eigenvalue weighted by molar-refractivity contribution is 7.80. The van der Waals surface area contributed by atoms with Gasteiger partial charge in [-0.1, -0.05) is 0 Å². The van der Waals surface area contributed by atoms with Gasteiger partial charge in [-0.15, -0.1) is 0 Å². The molecule has 1 rings (SSSR count). The number of ether oxygens (including phenoxy) is 2. The molecule has 4 nitrogen and oxygen atoms in total. The Balaban J connectivity index is 2.98. The van der Waals surface area contributed by atoms with E-state index >= 15 is 0 Å². The Bertz CT molecular complexity index is 443. The van der Waals surface area contributed by atoms with Crippen molar-refractivity contribution in [3.63, 3.8) is 0 Å². The minimum atomic E-state index is -0.0522. The van der Waals surface area contributed by atoms with Gasteiger partial charge in [0.15, 0.2) is 5.78 Å². The molecule has 17 heavy (non-hydrogen) atoms. The zero-order valence-electron chi connectivity index (χ0n) is 10.3. The summed E-state index contributed by atoms with van der Waals surface area (Å²) in [5.41, 5.74) is 0.524. The van der Waals surface area contributed by atoms with Crippen LogP contribution in [-0.2, 0) is 0 Å². The lowest BCUT2D eigenvalue weighted by Crippen LogP contribution is -2.25. The van der Waals surface area contributed by atoms with Crippen molar-refractivity contribution < 1.29 is 14.3 Å². The monoisotopic (exact) mass is 253 g/mol. The fourth-order valence-electron chi connectivity index (χ4n) is 1.22. The van der Waals surface area contributed by atoms with E-state index in [1.54, 1.807) is 37.2 Å². The van der Waals surface area contributed by atoms with Gasteiger partial charge in [-0.05, 0) is 31.3 Å². The van der Waals surface area contributed by atoms with Crippen LogP contribution < -0.4 is 9.47 Å². The van der Waals surface area contributed by atoms with Gasteiger partial charge in [0.05, 0.1) is 12.7 Å². The van der Waals surface area contributed by atoms with Crippen LogP contribution >= 0.6 is 12.2 Å². The number of carbonyl (C=O) groups is 1. The second-order valence-electron chi connectivity index (χ2n) is 3.68. The topological polar surface area (TPSA) is 38.8 Å². The Morgan fingerprint density at radius 1 is 1.35 bits per heavy atom. The van der Waals surface area contributed by atoms with E-state index < -0.39 is 0 Å². The second-order valence-corrected chi connectivity index (χ2v) is 4.03. The number of rotatable bonds is 3. The van der Waals surface area contributed by atoms with Crippen molar-refractivity contribution >= 4 is 23.2 Å². The summed E-state index contributed by atoms with van der Waals surface area (Å²) in [5.74, 6) is 0.977. The number of Topliss-reactive ketones (excluding diaryl/α,β-unsaturated/α-hetero) is 1. The number of hydrogen-bond donors (Lipinski definition) is 0. The lowest BCUT2D eigenvalue weighted by atomic mass is 10.1. The van der Waals surface area contributed by atoms with Gasteiger partial charge in [0.25, 0.3) is 5.17 Å². The Kier molecular flexibility index (Phi) is 4.45. The Morgan fingerprint density at radius 2 is 2.00 bits per heavy atom. The Labute approximate surface area is 106 Å². The number of benzene rings is 1. The van der Waals surface area contributed by atoms with Crippen LogP contribution in [0.4, 0.5) is 0 Å². The van der Waals surface area contributed by atoms with E-state index in [2.05, 4.69) is 0 Å². The van der Waals surface area contributed by atoms with E-state index in [0.717, 1.165) is 0 Å². The number of methoxy groups -OCH3 is 1. The highest BCUT2D eigenvalue weighted by Crippen LogP contribution is 2.25. The minimum absolute atomic E-state index is 0.0522. The Morgan fingerprint density at radius 3 is 2.47 bits per heavy atom. The molecule has 0 bridgehead atoms. The number of ketones is 1. The van der Waals surface area contributed by atoms with Gasteiger partial charge in [0.2, 0.25) is 0 Å². The summed E-state index contributed by atoms with van der Waals surface area (Å²) >= 11 is 5.02. The van der Waals surface area contributed by atoms with Crippen LogP contribution in [0, 0.1) is 0 Å². The lowest BCUT2D eigenvalue weighted by molar-refractivity contribution is 0.101. The molecule has 0 spiro atoms. The second kappa shape index (κ2) is 5.63. The quantitative estimate of drug-likeness (QED) is 0.609. The Hall–Kier alpha value is -1.62. The van der Waals surface area contributed by atoms with E-state index in [4.69, 9.17) is 21.7 Å². The summed E-state index contributed by atoms with van der Waals surface area (Å²) in [6.45, 7) is 1.49. The first kappa shape index (κ1) is 13.4. The van der Waals surface area contributed by atoms with Crippen LogP contribution in [0.2, 0.25) is 0 Å². The maximum Gasteiger partial charge on any atom is 0.264 e. The van der Waals surface area contributed by atoms with Gasteiger partial charge >= 0.3 is 0 Å². The van der Waals surface area contributed by atoms with Gasteiger partial charge < -0.3 is 14.4 Å². The van der Waals surface area contributed by atoms with Crippen molar-refractivity contribution in [1.82, 2.24) is 4.90 Å². The molecule has 0 heterocycles. The molecule has 0 aliphatic carbocycles. The lowest BCUT2D eigenvalue weighted by Gasteiger charge is -2.15. The van der Waals surface area contributed by atoms with Crippen molar-refractivity contribution in [2.75, 3.05) is 21.2 Å². The van der Waals surface area contributed by atoms with Crippen LogP contribution in [0.25, 0.3) is 0 Å². The van der Waals surface area contributed by atoms with Crippen molar-refractivity contribution in [2.24, 2.45) is 0 Å². The number of nitrogens with zero attached hydrogens (tertiary/aromatic N) is 1. The molecule has 92 valence electrons. The molecule has 0 radical (unpaired) electrons. The molecular weight excluding hydrogens is 238 g/mol. The van der Waals surface area contributed by atoms with Crippen LogP contribution in [0.3, 0.4) is 0 Å². The van der Waals surface area contributed by atoms with E-state index in [1.165, 1.54) is 14.0 Å². The van der Waals surface area contributed by atoms with Gasteiger partial charge in [0, 0.05) is 20.2 Å². The molecule has 0 atom stereocenters. The normalized spacial score (nSPS) is 9.65. The highest BCUT2D eigenvalue weighted by atomic mass is 32.1. The predicted molar refractivity (Wildman–Crippen MR) is 69.9 cm³/mol. The molecule has 0 aliphatic rings. The number of thiocarbonyl (C=S) groups is 1. The highest BCUT2D eigenvalue weighted by Gasteiger charge is 2.10. The molecule has 0 saturated heterocycles. The van der Waals surface area contributed by atoms with Gasteiger partial charge in [-0.25, -0.2) is 0 Å². The maximum atomic E-state index is 11.3. The van der Waals surface area contributed by atoms with Crippen molar-refractivity contribution in [3.8, 4) is 11.5 Å². The third kappa shape index (κ3) is 3.42. The number of carbonyl (C=O) groups excluding carboxylic acids is 1. The van der Waals surface area contributed by atoms with Crippen molar-refractivity contribution in [3.05, 3.63) is 23.8 Å². The van der Waals surface area contributed by atoms with E-state index in [1.807, 2.05) is 0 Å². The van der Waals surface area contributed by atoms with E-state index in [0.29, 0.717) is 22.2 Å². The first-order valence-electron chi connectivity index (χ1n) is 5.03. The van der Waals surface area contributed by atoms with Gasteiger partial charge in [-0.3, -0.25) is 4.79 Å². The first-order chi connectivity index (χ1) is 7.95. The van der Waals surface area contributed by atoms with Gasteiger partial charge in [-0.2, -0.15) is 0 Å². The third-order valence-corrected chi connectivity index (χ3v) is 2.57. The minimum Gasteiger partial charge on any atom is -0.496 e. The summed E-state index contributed by atoms with van der Waals surface area (Å²) in [5, 5.41) is 0.350. The molecule has 0 amide bonds. The molecule has 0 unspecified atom stereocenters. The third-order valence-electron chi connectivity index (χ3n) is 2.12. The largest absolute Gasteiger partial charge is 0.496 e. The summed E-state index contributed by atoms with van der Waals surface area (Å²) in [6, 6.07) is 5.00. The summed E-state index contributed by atoms with van der Waals surface area (Å²) < 4.78 is 10.6. The number of hydrogen-bond acceptors (Lipinski definition) is 4. The molecule has 1 aromatic carbocycles. The average molecular weight is 253 g/mol. The zero-order chi connectivity index (χ0) is 13.0. The molecule has 0 fully saturated rings. The van der Waals surface area contributed by atoms with Crippen LogP contribution in [0.15, 0.2) is 18.2 Å². The molecule has 1 aromatic rings. The van der Waals surface area contributed by atoms with E-state index in [-0.39, 0.29) is 5.78 Å². The predicted octanol–water partition coefficient (Wildman–Crippen LogP) is 2.12. The van der Waals surface area contributed by atoms with Crippen LogP contribution in [0.1, 0.15) is 17.3 Å². The van der Waals surface area contributed by atoms with Crippen molar-refractivity contribution in [1.29, 1.82) is 0 Å². The molecular formula is C12H15NO3S. The molecule has 5 heteroatoms. The van der Waals surface area contributed by atoms with E-state index in [9.17, 15) is 4.79 Å². The maximum absolute atomic E-state index is 11.3. The summed E-state index contributed by atoms with van der Waals surface area (Å²) in [4.78, 5) is 13.0. The molecule has 0 saturated carbocycles. The van der Waals surface area contributed by atoms with Crippen LogP contribution in [-0.4, -0.2) is 37.1 Å². The average Bonchev–Trinajstić information content (AvgIpc) is 2.28. The van der Waals surface area contributed by atoms with Crippen LogP contribution in [0.5, 0.6) is 11.5 Å².